The molecule has 0 saturated heterocycles. The summed E-state index contributed by atoms with van der Waals surface area (Å²) in [5.74, 6) is 1.02. The van der Waals surface area contributed by atoms with Gasteiger partial charge in [0.1, 0.15) is 11.9 Å². The molecule has 0 bridgehead atoms. The number of hydrogen-bond donors (Lipinski definition) is 1. The van der Waals surface area contributed by atoms with E-state index in [2.05, 4.69) is 66.3 Å². The Balaban J connectivity index is 1.95. The molecule has 1 aromatic carbocycles. The summed E-state index contributed by atoms with van der Waals surface area (Å²) in [6, 6.07) is 9.04. The van der Waals surface area contributed by atoms with Crippen LogP contribution in [0.5, 0.6) is 5.75 Å². The van der Waals surface area contributed by atoms with Crippen LogP contribution in [0.15, 0.2) is 28.7 Å². The molecular weight excluding hydrogens is 346 g/mol. The van der Waals surface area contributed by atoms with Gasteiger partial charge in [-0.1, -0.05) is 24.6 Å². The second-order valence-corrected chi connectivity index (χ2v) is 7.69. The maximum Gasteiger partial charge on any atom is 0.135 e. The van der Waals surface area contributed by atoms with Crippen molar-refractivity contribution in [2.24, 2.45) is 0 Å². The summed E-state index contributed by atoms with van der Waals surface area (Å²) in [6.45, 7) is 7.40. The number of ether oxygens (including phenoxy) is 1. The van der Waals surface area contributed by atoms with Crippen LogP contribution in [0.3, 0.4) is 0 Å². The Kier molecular flexibility index (Phi) is 4.38. The van der Waals surface area contributed by atoms with Crippen LogP contribution < -0.4 is 10.1 Å². The largest absolute Gasteiger partial charge is 0.484 e. The Bertz CT molecular complexity index is 633. The highest BCUT2D eigenvalue weighted by Gasteiger charge is 2.30. The minimum Gasteiger partial charge on any atom is -0.484 e. The highest BCUT2D eigenvalue weighted by Crippen LogP contribution is 2.43. The van der Waals surface area contributed by atoms with E-state index in [1.54, 1.807) is 0 Å². The van der Waals surface area contributed by atoms with Gasteiger partial charge >= 0.3 is 0 Å². The Hall–Kier alpha value is -0.840. The third-order valence-corrected chi connectivity index (χ3v) is 6.13. The zero-order chi connectivity index (χ0) is 15.0. The molecule has 2 atom stereocenters. The van der Waals surface area contributed by atoms with Crippen molar-refractivity contribution in [1.82, 2.24) is 5.32 Å². The monoisotopic (exact) mass is 365 g/mol. The second kappa shape index (κ2) is 6.11. The van der Waals surface area contributed by atoms with E-state index in [4.69, 9.17) is 4.74 Å². The van der Waals surface area contributed by atoms with E-state index in [1.165, 1.54) is 25.4 Å². The number of halogens is 1. The third-order valence-electron chi connectivity index (χ3n) is 3.90. The molecule has 2 heterocycles. The van der Waals surface area contributed by atoms with Crippen LogP contribution in [0.4, 0.5) is 0 Å². The maximum absolute atomic E-state index is 6.27. The number of benzene rings is 1. The van der Waals surface area contributed by atoms with Crippen molar-refractivity contribution < 1.29 is 4.74 Å². The summed E-state index contributed by atoms with van der Waals surface area (Å²) < 4.78 is 7.45. The Morgan fingerprint density at radius 1 is 1.33 bits per heavy atom. The molecular formula is C17H20BrNOS. The molecule has 2 aromatic rings. The third kappa shape index (κ3) is 3.03. The molecule has 1 N–H and O–H groups in total. The summed E-state index contributed by atoms with van der Waals surface area (Å²) in [6.07, 6.45) is 1.12. The fraction of sp³-hybridized carbons (Fsp3) is 0.412. The normalized spacial score (nSPS) is 21.0. The van der Waals surface area contributed by atoms with Crippen LogP contribution in [0.2, 0.25) is 0 Å². The van der Waals surface area contributed by atoms with Gasteiger partial charge in [0.05, 0.1) is 0 Å². The molecule has 0 fully saturated rings. The first-order chi connectivity index (χ1) is 10.1. The topological polar surface area (TPSA) is 21.3 Å². The zero-order valence-corrected chi connectivity index (χ0v) is 15.0. The number of thiophene rings is 1. The molecule has 0 spiro atoms. The minimum atomic E-state index is 0.138. The van der Waals surface area contributed by atoms with Gasteiger partial charge in [-0.25, -0.2) is 0 Å². The van der Waals surface area contributed by atoms with E-state index >= 15 is 0 Å². The van der Waals surface area contributed by atoms with Crippen molar-refractivity contribution in [2.45, 2.75) is 39.3 Å². The lowest BCUT2D eigenvalue weighted by molar-refractivity contribution is 0.155. The number of aryl methyl sites for hydroxylation is 2. The van der Waals surface area contributed by atoms with Gasteiger partial charge in [-0.05, 0) is 48.5 Å². The van der Waals surface area contributed by atoms with E-state index in [0.717, 1.165) is 18.7 Å². The summed E-state index contributed by atoms with van der Waals surface area (Å²) in [5, 5.41) is 3.60. The Labute approximate surface area is 138 Å². The fourth-order valence-corrected chi connectivity index (χ4v) is 4.45. The van der Waals surface area contributed by atoms with E-state index in [1.807, 2.05) is 11.3 Å². The van der Waals surface area contributed by atoms with Crippen molar-refractivity contribution in [3.63, 3.8) is 0 Å². The standard InChI is InChI=1S/C17H20BrNOS/c1-4-19-14-9-16(17-8-13(18)11(3)21-17)20-15-6-5-10(2)7-12(14)15/h5-8,14,16,19H,4,9H2,1-3H3. The van der Waals surface area contributed by atoms with Crippen molar-refractivity contribution in [3.8, 4) is 5.75 Å². The van der Waals surface area contributed by atoms with Crippen LogP contribution in [0.1, 0.15) is 46.4 Å². The molecule has 112 valence electrons. The predicted octanol–water partition coefficient (Wildman–Crippen LogP) is 5.30. The second-order valence-electron chi connectivity index (χ2n) is 5.55. The molecule has 0 aliphatic carbocycles. The minimum absolute atomic E-state index is 0.138. The first kappa shape index (κ1) is 15.1. The molecule has 0 radical (unpaired) electrons. The molecule has 1 aromatic heterocycles. The first-order valence-corrected chi connectivity index (χ1v) is 8.96. The number of fused-ring (bicyclic) bond motifs is 1. The van der Waals surface area contributed by atoms with Crippen LogP contribution in [0, 0.1) is 13.8 Å². The van der Waals surface area contributed by atoms with Gasteiger partial charge < -0.3 is 10.1 Å². The van der Waals surface area contributed by atoms with E-state index in [9.17, 15) is 0 Å². The van der Waals surface area contributed by atoms with Crippen molar-refractivity contribution in [2.75, 3.05) is 6.54 Å². The summed E-state index contributed by atoms with van der Waals surface area (Å²) in [7, 11) is 0. The first-order valence-electron chi connectivity index (χ1n) is 7.35. The molecule has 0 amide bonds. The summed E-state index contributed by atoms with van der Waals surface area (Å²) in [5.41, 5.74) is 2.58. The van der Waals surface area contributed by atoms with Gasteiger partial charge in [0.25, 0.3) is 0 Å². The van der Waals surface area contributed by atoms with Gasteiger partial charge in [0, 0.05) is 32.3 Å². The van der Waals surface area contributed by atoms with Gasteiger partial charge in [-0.2, -0.15) is 0 Å². The molecule has 21 heavy (non-hydrogen) atoms. The van der Waals surface area contributed by atoms with E-state index in [0.29, 0.717) is 6.04 Å². The average Bonchev–Trinajstić information content (AvgIpc) is 2.79. The summed E-state index contributed by atoms with van der Waals surface area (Å²) >= 11 is 5.43. The molecule has 4 heteroatoms. The Morgan fingerprint density at radius 2 is 2.14 bits per heavy atom. The molecule has 2 nitrogen and oxygen atoms in total. The zero-order valence-electron chi connectivity index (χ0n) is 12.6. The van der Waals surface area contributed by atoms with Crippen molar-refractivity contribution >= 4 is 27.3 Å². The maximum atomic E-state index is 6.27. The summed E-state index contributed by atoms with van der Waals surface area (Å²) in [4.78, 5) is 2.61. The van der Waals surface area contributed by atoms with Crippen LogP contribution in [-0.2, 0) is 0 Å². The lowest BCUT2D eigenvalue weighted by atomic mass is 9.94. The molecule has 2 unspecified atom stereocenters. The number of rotatable bonds is 3. The number of hydrogen-bond acceptors (Lipinski definition) is 3. The quantitative estimate of drug-likeness (QED) is 0.796. The van der Waals surface area contributed by atoms with Gasteiger partial charge in [0.15, 0.2) is 0 Å². The smallest absolute Gasteiger partial charge is 0.135 e. The highest BCUT2D eigenvalue weighted by molar-refractivity contribution is 9.10. The van der Waals surface area contributed by atoms with E-state index in [-0.39, 0.29) is 6.10 Å². The van der Waals surface area contributed by atoms with E-state index < -0.39 is 0 Å². The number of nitrogens with one attached hydrogen (secondary N) is 1. The van der Waals surface area contributed by atoms with Gasteiger partial charge in [0.2, 0.25) is 0 Å². The van der Waals surface area contributed by atoms with Crippen LogP contribution >= 0.6 is 27.3 Å². The van der Waals surface area contributed by atoms with Crippen LogP contribution in [0.25, 0.3) is 0 Å². The predicted molar refractivity (Wildman–Crippen MR) is 92.3 cm³/mol. The lowest BCUT2D eigenvalue weighted by Crippen LogP contribution is -2.28. The average molecular weight is 366 g/mol. The highest BCUT2D eigenvalue weighted by atomic mass is 79.9. The van der Waals surface area contributed by atoms with Gasteiger partial charge in [-0.15, -0.1) is 11.3 Å². The van der Waals surface area contributed by atoms with Gasteiger partial charge in [-0.3, -0.25) is 0 Å². The molecule has 3 rings (SSSR count). The SMILES string of the molecule is CCNC1CC(c2cc(Br)c(C)s2)Oc2ccc(C)cc21. The molecule has 0 saturated carbocycles. The molecule has 1 aliphatic rings. The van der Waals surface area contributed by atoms with Crippen molar-refractivity contribution in [1.29, 1.82) is 0 Å². The fourth-order valence-electron chi connectivity index (χ4n) is 2.84. The van der Waals surface area contributed by atoms with Crippen molar-refractivity contribution in [3.05, 3.63) is 49.6 Å². The Morgan fingerprint density at radius 3 is 2.81 bits per heavy atom. The van der Waals surface area contributed by atoms with Crippen LogP contribution in [-0.4, -0.2) is 6.54 Å². The lowest BCUT2D eigenvalue weighted by Gasteiger charge is -2.32. The molecule has 1 aliphatic heterocycles.